The molecule has 5 heteroatoms. The fraction of sp³-hybridized carbons (Fsp3) is 0.381. The largest absolute Gasteiger partial charge is 0.289 e. The van der Waals surface area contributed by atoms with Gasteiger partial charge in [-0.25, -0.2) is 0 Å². The molecular formula is C21H24Cl2N2O. The molecule has 0 radical (unpaired) electrons. The topological polar surface area (TPSA) is 41.8 Å². The molecule has 138 valence electrons. The van der Waals surface area contributed by atoms with Crippen LogP contribution in [0.25, 0.3) is 0 Å². The van der Waals surface area contributed by atoms with Crippen molar-refractivity contribution in [3.8, 4) is 0 Å². The Kier molecular flexibility index (Phi) is 5.94. The molecule has 1 aliphatic rings. The van der Waals surface area contributed by atoms with Crippen LogP contribution < -0.4 is 0 Å². The maximum Gasteiger partial charge on any atom is 0.186 e. The van der Waals surface area contributed by atoms with E-state index in [-0.39, 0.29) is 16.6 Å². The highest BCUT2D eigenvalue weighted by atomic mass is 35.5. The van der Waals surface area contributed by atoms with Crippen molar-refractivity contribution in [2.75, 3.05) is 0 Å². The number of carbonyl (C=O) groups is 1. The standard InChI is InChI=1S/C21H24Cl2N2O/c1-20(2,3)15-9-13(10-16(19(15)26)21(4,5)6)12-24-25-18-8-7-14(22)11-17(18)23/h7-12H,1-6H3. The van der Waals surface area contributed by atoms with E-state index >= 15 is 0 Å². The lowest BCUT2D eigenvalue weighted by molar-refractivity contribution is -0.114. The molecular weight excluding hydrogens is 367 g/mol. The van der Waals surface area contributed by atoms with Gasteiger partial charge in [0.25, 0.3) is 0 Å². The molecule has 1 aromatic rings. The maximum atomic E-state index is 12.9. The first-order valence-electron chi connectivity index (χ1n) is 8.45. The molecule has 0 heterocycles. The third-order valence-electron chi connectivity index (χ3n) is 4.01. The number of hydrogen-bond acceptors (Lipinski definition) is 3. The number of ketones is 1. The number of carbonyl (C=O) groups excluding carboxylic acids is 1. The van der Waals surface area contributed by atoms with Crippen molar-refractivity contribution in [2.45, 2.75) is 41.5 Å². The van der Waals surface area contributed by atoms with Crippen molar-refractivity contribution in [3.05, 3.63) is 63.3 Å². The Morgan fingerprint density at radius 3 is 1.92 bits per heavy atom. The zero-order valence-corrected chi connectivity index (χ0v) is 17.5. The van der Waals surface area contributed by atoms with E-state index in [1.54, 1.807) is 24.4 Å². The van der Waals surface area contributed by atoms with Gasteiger partial charge in [0, 0.05) is 16.2 Å². The SMILES string of the molecule is CC(C)(C)C1=CC(=CN=Nc2ccc(Cl)cc2Cl)C=C(C(C)(C)C)C1=O. The molecule has 0 saturated heterocycles. The molecule has 0 atom stereocenters. The molecule has 0 N–H and O–H groups in total. The van der Waals surface area contributed by atoms with Crippen molar-refractivity contribution < 1.29 is 4.79 Å². The zero-order valence-electron chi connectivity index (χ0n) is 16.0. The second kappa shape index (κ2) is 7.50. The van der Waals surface area contributed by atoms with Crippen LogP contribution in [0.2, 0.25) is 10.0 Å². The zero-order chi connectivity index (χ0) is 19.7. The van der Waals surface area contributed by atoms with Crippen LogP contribution in [0.1, 0.15) is 41.5 Å². The third-order valence-corrected chi connectivity index (χ3v) is 4.55. The van der Waals surface area contributed by atoms with E-state index in [2.05, 4.69) is 10.2 Å². The Bertz CT molecular complexity index is 812. The Morgan fingerprint density at radius 2 is 1.46 bits per heavy atom. The summed E-state index contributed by atoms with van der Waals surface area (Å²) in [6.07, 6.45) is 5.43. The lowest BCUT2D eigenvalue weighted by atomic mass is 9.72. The highest BCUT2D eigenvalue weighted by Gasteiger charge is 2.33. The lowest BCUT2D eigenvalue weighted by Gasteiger charge is -2.31. The maximum absolute atomic E-state index is 12.9. The fourth-order valence-electron chi connectivity index (χ4n) is 2.56. The second-order valence-electron chi connectivity index (χ2n) is 8.39. The number of halogens is 2. The summed E-state index contributed by atoms with van der Waals surface area (Å²) in [4.78, 5) is 12.9. The van der Waals surface area contributed by atoms with Crippen LogP contribution >= 0.6 is 23.2 Å². The Morgan fingerprint density at radius 1 is 0.923 bits per heavy atom. The van der Waals surface area contributed by atoms with Crippen LogP contribution in [0.15, 0.2) is 63.5 Å². The quantitative estimate of drug-likeness (QED) is 0.482. The average Bonchev–Trinajstić information content (AvgIpc) is 2.48. The van der Waals surface area contributed by atoms with E-state index in [4.69, 9.17) is 23.2 Å². The molecule has 0 bridgehead atoms. The van der Waals surface area contributed by atoms with Gasteiger partial charge in [0.05, 0.1) is 11.2 Å². The number of Topliss-reactive ketones (excluding diaryl/α,β-unsaturated/α-hetero) is 1. The fourth-order valence-corrected chi connectivity index (χ4v) is 3.01. The molecule has 0 aliphatic heterocycles. The number of hydrogen-bond donors (Lipinski definition) is 0. The summed E-state index contributed by atoms with van der Waals surface area (Å²) in [5, 5.41) is 9.29. The number of azo groups is 1. The highest BCUT2D eigenvalue weighted by Crippen LogP contribution is 2.39. The molecule has 2 rings (SSSR count). The minimum absolute atomic E-state index is 0.0971. The van der Waals surface area contributed by atoms with Gasteiger partial charge in [-0.15, -0.1) is 5.11 Å². The highest BCUT2D eigenvalue weighted by molar-refractivity contribution is 6.36. The smallest absolute Gasteiger partial charge is 0.186 e. The Balaban J connectivity index is 2.43. The summed E-state index contributed by atoms with van der Waals surface area (Å²) in [5.74, 6) is 0.0971. The minimum atomic E-state index is -0.252. The molecule has 0 amide bonds. The number of benzene rings is 1. The summed E-state index contributed by atoms with van der Waals surface area (Å²) in [6.45, 7) is 12.2. The van der Waals surface area contributed by atoms with Gasteiger partial charge in [-0.05, 0) is 46.8 Å². The van der Waals surface area contributed by atoms with Crippen molar-refractivity contribution in [2.24, 2.45) is 21.1 Å². The average molecular weight is 391 g/mol. The van der Waals surface area contributed by atoms with Gasteiger partial charge in [0.1, 0.15) is 5.69 Å². The van der Waals surface area contributed by atoms with Crippen LogP contribution in [0.5, 0.6) is 0 Å². The monoisotopic (exact) mass is 390 g/mol. The second-order valence-corrected chi connectivity index (χ2v) is 9.23. The lowest BCUT2D eigenvalue weighted by Crippen LogP contribution is -2.27. The van der Waals surface area contributed by atoms with E-state index < -0.39 is 0 Å². The van der Waals surface area contributed by atoms with Crippen LogP contribution in [-0.2, 0) is 4.79 Å². The third kappa shape index (κ3) is 4.93. The predicted molar refractivity (Wildman–Crippen MR) is 109 cm³/mol. The van der Waals surface area contributed by atoms with Gasteiger partial charge in [0.15, 0.2) is 5.78 Å². The van der Waals surface area contributed by atoms with E-state index in [0.29, 0.717) is 15.7 Å². The van der Waals surface area contributed by atoms with Crippen molar-refractivity contribution >= 4 is 34.7 Å². The first kappa shape index (κ1) is 20.6. The molecule has 0 unspecified atom stereocenters. The first-order valence-corrected chi connectivity index (χ1v) is 9.20. The van der Waals surface area contributed by atoms with E-state index in [9.17, 15) is 4.79 Å². The van der Waals surface area contributed by atoms with Crippen molar-refractivity contribution in [3.63, 3.8) is 0 Å². The van der Waals surface area contributed by atoms with Gasteiger partial charge < -0.3 is 0 Å². The Hall–Kier alpha value is -1.71. The number of allylic oxidation sites excluding steroid dienone is 5. The van der Waals surface area contributed by atoms with Crippen LogP contribution in [0.4, 0.5) is 5.69 Å². The molecule has 3 nitrogen and oxygen atoms in total. The summed E-state index contributed by atoms with van der Waals surface area (Å²) >= 11 is 12.0. The molecule has 1 aliphatic carbocycles. The molecule has 0 spiro atoms. The van der Waals surface area contributed by atoms with E-state index in [1.165, 1.54) is 0 Å². The molecule has 1 aromatic carbocycles. The van der Waals surface area contributed by atoms with Crippen LogP contribution in [-0.4, -0.2) is 5.78 Å². The van der Waals surface area contributed by atoms with E-state index in [1.807, 2.05) is 53.7 Å². The van der Waals surface area contributed by atoms with Crippen LogP contribution in [0.3, 0.4) is 0 Å². The predicted octanol–water partition coefficient (Wildman–Crippen LogP) is 7.49. The van der Waals surface area contributed by atoms with Gasteiger partial charge in [0.2, 0.25) is 0 Å². The van der Waals surface area contributed by atoms with Crippen molar-refractivity contribution in [1.82, 2.24) is 0 Å². The van der Waals surface area contributed by atoms with Gasteiger partial charge in [-0.2, -0.15) is 5.11 Å². The van der Waals surface area contributed by atoms with Crippen molar-refractivity contribution in [1.29, 1.82) is 0 Å². The molecule has 0 aromatic heterocycles. The number of rotatable bonds is 2. The van der Waals surface area contributed by atoms with Gasteiger partial charge in [-0.1, -0.05) is 64.7 Å². The summed E-state index contributed by atoms with van der Waals surface area (Å²) in [6, 6.07) is 5.05. The molecule has 26 heavy (non-hydrogen) atoms. The Labute approximate surface area is 165 Å². The van der Waals surface area contributed by atoms with Gasteiger partial charge in [-0.3, -0.25) is 4.79 Å². The first-order chi connectivity index (χ1) is 11.9. The van der Waals surface area contributed by atoms with Gasteiger partial charge >= 0.3 is 0 Å². The summed E-state index contributed by atoms with van der Waals surface area (Å²) in [5.41, 5.74) is 2.43. The van der Waals surface area contributed by atoms with Crippen LogP contribution in [0, 0.1) is 10.8 Å². The molecule has 0 fully saturated rings. The number of nitrogens with zero attached hydrogens (tertiary/aromatic N) is 2. The summed E-state index contributed by atoms with van der Waals surface area (Å²) in [7, 11) is 0. The molecule has 0 saturated carbocycles. The van der Waals surface area contributed by atoms with E-state index in [0.717, 1.165) is 16.7 Å². The summed E-state index contributed by atoms with van der Waals surface area (Å²) < 4.78 is 0. The normalized spacial score (nSPS) is 16.0. The minimum Gasteiger partial charge on any atom is -0.289 e.